The number of nitrogens with zero attached hydrogens (tertiary/aromatic N) is 1. The van der Waals surface area contributed by atoms with Crippen LogP contribution in [0.1, 0.15) is 11.1 Å². The van der Waals surface area contributed by atoms with Gasteiger partial charge in [-0.05, 0) is 30.7 Å². The van der Waals surface area contributed by atoms with Crippen LogP contribution in [-0.4, -0.2) is 50.6 Å². The molecule has 0 atom stereocenters. The SMILES string of the molecule is COc1cc(OC)c(/C=C2\NC(=O)N(CC(=O)Nc3cccc(C)c3)C2=O)c(OC)c1. The molecule has 9 heteroatoms. The number of anilines is 1. The summed E-state index contributed by atoms with van der Waals surface area (Å²) in [5.74, 6) is 0.161. The van der Waals surface area contributed by atoms with Gasteiger partial charge in [0.05, 0.1) is 26.9 Å². The van der Waals surface area contributed by atoms with Gasteiger partial charge in [-0.3, -0.25) is 9.59 Å². The summed E-state index contributed by atoms with van der Waals surface area (Å²) >= 11 is 0. The highest BCUT2D eigenvalue weighted by atomic mass is 16.5. The molecule has 0 unspecified atom stereocenters. The number of hydrogen-bond donors (Lipinski definition) is 2. The van der Waals surface area contributed by atoms with Crippen LogP contribution in [0.25, 0.3) is 6.08 Å². The average Bonchev–Trinajstić information content (AvgIpc) is 3.01. The topological polar surface area (TPSA) is 106 Å². The second kappa shape index (κ2) is 9.21. The molecule has 0 bridgehead atoms. The smallest absolute Gasteiger partial charge is 0.329 e. The zero-order chi connectivity index (χ0) is 22.5. The minimum absolute atomic E-state index is 0.00452. The monoisotopic (exact) mass is 425 g/mol. The molecule has 1 fully saturated rings. The molecule has 4 amide bonds. The molecule has 0 aromatic heterocycles. The Labute approximate surface area is 179 Å². The molecule has 162 valence electrons. The fraction of sp³-hybridized carbons (Fsp3) is 0.227. The number of hydrogen-bond acceptors (Lipinski definition) is 6. The van der Waals surface area contributed by atoms with Crippen LogP contribution in [-0.2, 0) is 9.59 Å². The Kier molecular flexibility index (Phi) is 6.44. The predicted octanol–water partition coefficient (Wildman–Crippen LogP) is 2.55. The van der Waals surface area contributed by atoms with Crippen molar-refractivity contribution in [2.75, 3.05) is 33.2 Å². The van der Waals surface area contributed by atoms with Crippen molar-refractivity contribution in [2.45, 2.75) is 6.92 Å². The molecule has 0 radical (unpaired) electrons. The van der Waals surface area contributed by atoms with E-state index in [1.54, 1.807) is 30.3 Å². The van der Waals surface area contributed by atoms with Gasteiger partial charge in [-0.1, -0.05) is 12.1 Å². The van der Waals surface area contributed by atoms with E-state index < -0.39 is 24.4 Å². The van der Waals surface area contributed by atoms with Gasteiger partial charge in [0.15, 0.2) is 0 Å². The van der Waals surface area contributed by atoms with E-state index in [1.807, 2.05) is 13.0 Å². The van der Waals surface area contributed by atoms with Crippen molar-refractivity contribution in [3.05, 3.63) is 53.2 Å². The Morgan fingerprint density at radius 2 is 1.74 bits per heavy atom. The fourth-order valence-corrected chi connectivity index (χ4v) is 3.10. The number of nitrogens with one attached hydrogen (secondary N) is 2. The third-order valence-corrected chi connectivity index (χ3v) is 4.61. The van der Waals surface area contributed by atoms with Crippen molar-refractivity contribution in [1.82, 2.24) is 10.2 Å². The second-order valence-corrected chi connectivity index (χ2v) is 6.74. The highest BCUT2D eigenvalue weighted by Gasteiger charge is 2.35. The summed E-state index contributed by atoms with van der Waals surface area (Å²) in [6.45, 7) is 1.47. The lowest BCUT2D eigenvalue weighted by molar-refractivity contribution is -0.127. The largest absolute Gasteiger partial charge is 0.496 e. The Morgan fingerprint density at radius 1 is 1.06 bits per heavy atom. The molecule has 2 aromatic rings. The zero-order valence-electron chi connectivity index (χ0n) is 17.6. The van der Waals surface area contributed by atoms with E-state index in [4.69, 9.17) is 14.2 Å². The Balaban J connectivity index is 1.81. The molecule has 3 rings (SSSR count). The van der Waals surface area contributed by atoms with Crippen molar-refractivity contribution in [3.8, 4) is 17.2 Å². The van der Waals surface area contributed by atoms with Gasteiger partial charge in [-0.15, -0.1) is 0 Å². The van der Waals surface area contributed by atoms with E-state index in [-0.39, 0.29) is 5.70 Å². The van der Waals surface area contributed by atoms with E-state index in [1.165, 1.54) is 27.4 Å². The lowest BCUT2D eigenvalue weighted by Gasteiger charge is -2.13. The summed E-state index contributed by atoms with van der Waals surface area (Å²) in [7, 11) is 4.44. The van der Waals surface area contributed by atoms with Crippen LogP contribution in [0.2, 0.25) is 0 Å². The molecule has 1 heterocycles. The first-order chi connectivity index (χ1) is 14.9. The van der Waals surface area contributed by atoms with Gasteiger partial charge in [0.1, 0.15) is 29.5 Å². The molecule has 1 aliphatic heterocycles. The van der Waals surface area contributed by atoms with Crippen LogP contribution in [0.4, 0.5) is 10.5 Å². The lowest BCUT2D eigenvalue weighted by Crippen LogP contribution is -2.38. The molecule has 2 aromatic carbocycles. The van der Waals surface area contributed by atoms with Crippen molar-refractivity contribution >= 4 is 29.6 Å². The van der Waals surface area contributed by atoms with Gasteiger partial charge < -0.3 is 24.8 Å². The highest BCUT2D eigenvalue weighted by Crippen LogP contribution is 2.36. The number of aryl methyl sites for hydroxylation is 1. The Morgan fingerprint density at radius 3 is 2.32 bits per heavy atom. The van der Waals surface area contributed by atoms with E-state index >= 15 is 0 Å². The van der Waals surface area contributed by atoms with Crippen LogP contribution in [0.3, 0.4) is 0 Å². The molecular weight excluding hydrogens is 402 g/mol. The van der Waals surface area contributed by atoms with Gasteiger partial charge >= 0.3 is 6.03 Å². The summed E-state index contributed by atoms with van der Waals surface area (Å²) in [4.78, 5) is 38.3. The molecule has 0 spiro atoms. The summed E-state index contributed by atoms with van der Waals surface area (Å²) in [6, 6.07) is 9.77. The van der Waals surface area contributed by atoms with Crippen molar-refractivity contribution in [3.63, 3.8) is 0 Å². The molecule has 0 saturated carbocycles. The number of imide groups is 1. The van der Waals surface area contributed by atoms with E-state index in [2.05, 4.69) is 10.6 Å². The highest BCUT2D eigenvalue weighted by molar-refractivity contribution is 6.16. The van der Waals surface area contributed by atoms with E-state index in [0.29, 0.717) is 28.5 Å². The Bertz CT molecular complexity index is 1040. The summed E-state index contributed by atoms with van der Waals surface area (Å²) in [5.41, 5.74) is 2.00. The minimum atomic E-state index is -0.693. The zero-order valence-corrected chi connectivity index (χ0v) is 17.6. The number of rotatable bonds is 7. The number of benzene rings is 2. The molecule has 1 aliphatic rings. The molecule has 1 saturated heterocycles. The summed E-state index contributed by atoms with van der Waals surface area (Å²) < 4.78 is 15.9. The average molecular weight is 425 g/mol. The van der Waals surface area contributed by atoms with Crippen LogP contribution in [0.5, 0.6) is 17.2 Å². The van der Waals surface area contributed by atoms with Crippen LogP contribution in [0.15, 0.2) is 42.1 Å². The standard InChI is InChI=1S/C22H23N3O6/c1-13-6-5-7-14(8-13)23-20(26)12-25-21(27)17(24-22(25)28)11-16-18(30-3)9-15(29-2)10-19(16)31-4/h5-11H,12H2,1-4H3,(H,23,26)(H,24,28)/b17-11-. The minimum Gasteiger partial charge on any atom is -0.496 e. The fourth-order valence-electron chi connectivity index (χ4n) is 3.10. The number of urea groups is 1. The third kappa shape index (κ3) is 4.77. The molecular formula is C22H23N3O6. The summed E-state index contributed by atoms with van der Waals surface area (Å²) in [6.07, 6.45) is 1.44. The number of ether oxygens (including phenoxy) is 3. The maximum atomic E-state index is 12.8. The molecule has 31 heavy (non-hydrogen) atoms. The number of amides is 4. The molecule has 2 N–H and O–H groups in total. The Hall–Kier alpha value is -4.01. The first-order valence-electron chi connectivity index (χ1n) is 9.37. The van der Waals surface area contributed by atoms with Gasteiger partial charge in [-0.2, -0.15) is 0 Å². The summed E-state index contributed by atoms with van der Waals surface area (Å²) in [5, 5.41) is 5.17. The number of carbonyl (C=O) groups excluding carboxylic acids is 3. The number of carbonyl (C=O) groups is 3. The van der Waals surface area contributed by atoms with E-state index in [9.17, 15) is 14.4 Å². The van der Waals surface area contributed by atoms with Crippen LogP contribution >= 0.6 is 0 Å². The molecule has 0 aliphatic carbocycles. The van der Waals surface area contributed by atoms with Gasteiger partial charge in [0.25, 0.3) is 5.91 Å². The molecule has 9 nitrogen and oxygen atoms in total. The van der Waals surface area contributed by atoms with Gasteiger partial charge in [0, 0.05) is 17.8 Å². The first-order valence-corrected chi connectivity index (χ1v) is 9.37. The quantitative estimate of drug-likeness (QED) is 0.522. The van der Waals surface area contributed by atoms with Crippen molar-refractivity contribution in [2.24, 2.45) is 0 Å². The maximum Gasteiger partial charge on any atom is 0.329 e. The van der Waals surface area contributed by atoms with E-state index in [0.717, 1.165) is 10.5 Å². The second-order valence-electron chi connectivity index (χ2n) is 6.74. The predicted molar refractivity (Wildman–Crippen MR) is 114 cm³/mol. The third-order valence-electron chi connectivity index (χ3n) is 4.61. The van der Waals surface area contributed by atoms with Crippen molar-refractivity contribution in [1.29, 1.82) is 0 Å². The maximum absolute atomic E-state index is 12.8. The van der Waals surface area contributed by atoms with Crippen LogP contribution in [0, 0.1) is 6.92 Å². The number of methoxy groups -OCH3 is 3. The van der Waals surface area contributed by atoms with Crippen molar-refractivity contribution < 1.29 is 28.6 Å². The first kappa shape index (κ1) is 21.7. The van der Waals surface area contributed by atoms with Crippen LogP contribution < -0.4 is 24.8 Å². The lowest BCUT2D eigenvalue weighted by atomic mass is 10.1. The normalized spacial score (nSPS) is 14.5. The van der Waals surface area contributed by atoms with Gasteiger partial charge in [0.2, 0.25) is 5.91 Å². The van der Waals surface area contributed by atoms with Gasteiger partial charge in [-0.25, -0.2) is 9.69 Å².